The summed E-state index contributed by atoms with van der Waals surface area (Å²) in [5.41, 5.74) is 12.0. The Morgan fingerprint density at radius 2 is 2.00 bits per heavy atom. The minimum atomic E-state index is 0.624. The Morgan fingerprint density at radius 1 is 1.25 bits per heavy atom. The SMILES string of the molecule is Nc1[c]cc(N)cc1. The molecule has 1 aromatic carbocycles. The van der Waals surface area contributed by atoms with Gasteiger partial charge in [0.2, 0.25) is 0 Å². The predicted octanol–water partition coefficient (Wildman–Crippen LogP) is 0.651. The summed E-state index contributed by atoms with van der Waals surface area (Å²) < 4.78 is 0. The molecule has 1 radical (unpaired) electrons. The summed E-state index contributed by atoms with van der Waals surface area (Å²) in [5, 5.41) is 0. The van der Waals surface area contributed by atoms with Crippen molar-refractivity contribution in [2.24, 2.45) is 0 Å². The van der Waals surface area contributed by atoms with Gasteiger partial charge in [-0.2, -0.15) is 0 Å². The van der Waals surface area contributed by atoms with E-state index in [4.69, 9.17) is 11.5 Å². The van der Waals surface area contributed by atoms with Crippen LogP contribution < -0.4 is 11.5 Å². The third-order valence-electron chi connectivity index (χ3n) is 0.861. The van der Waals surface area contributed by atoms with E-state index in [2.05, 4.69) is 6.07 Å². The van der Waals surface area contributed by atoms with Crippen molar-refractivity contribution in [1.82, 2.24) is 0 Å². The largest absolute Gasteiger partial charge is 0.399 e. The minimum absolute atomic E-state index is 0.624. The normalized spacial score (nSPS) is 9.00. The standard InChI is InChI=1S/C6H7N2/c7-5-1-2-6(8)4-3-5/h1-3H,7-8H2. The van der Waals surface area contributed by atoms with E-state index in [1.807, 2.05) is 0 Å². The van der Waals surface area contributed by atoms with Crippen LogP contribution in [0.15, 0.2) is 18.2 Å². The summed E-state index contributed by atoms with van der Waals surface area (Å²) in [6.45, 7) is 0. The van der Waals surface area contributed by atoms with Gasteiger partial charge in [-0.25, -0.2) is 0 Å². The highest BCUT2D eigenvalue weighted by Gasteiger charge is 1.81. The Morgan fingerprint density at radius 3 is 2.38 bits per heavy atom. The van der Waals surface area contributed by atoms with Gasteiger partial charge in [-0.3, -0.25) is 0 Å². The minimum Gasteiger partial charge on any atom is -0.399 e. The number of hydrogen-bond donors (Lipinski definition) is 2. The van der Waals surface area contributed by atoms with Gasteiger partial charge in [0.05, 0.1) is 0 Å². The third-order valence-corrected chi connectivity index (χ3v) is 0.861. The Kier molecular flexibility index (Phi) is 1.08. The van der Waals surface area contributed by atoms with Gasteiger partial charge in [0.15, 0.2) is 0 Å². The zero-order valence-corrected chi connectivity index (χ0v) is 4.39. The second kappa shape index (κ2) is 1.74. The smallest absolute Gasteiger partial charge is 0.0396 e. The van der Waals surface area contributed by atoms with Gasteiger partial charge in [0.25, 0.3) is 0 Å². The molecule has 41 valence electrons. The van der Waals surface area contributed by atoms with E-state index < -0.39 is 0 Å². The molecule has 0 saturated heterocycles. The summed E-state index contributed by atoms with van der Waals surface area (Å²) in [5.74, 6) is 0. The molecular formula is C6H7N2. The van der Waals surface area contributed by atoms with Gasteiger partial charge in [0.1, 0.15) is 0 Å². The molecule has 0 unspecified atom stereocenters. The van der Waals surface area contributed by atoms with Crippen LogP contribution in [-0.4, -0.2) is 0 Å². The van der Waals surface area contributed by atoms with Crippen molar-refractivity contribution in [3.05, 3.63) is 24.3 Å². The summed E-state index contributed by atoms with van der Waals surface area (Å²) in [7, 11) is 0. The second-order valence-corrected chi connectivity index (χ2v) is 1.58. The van der Waals surface area contributed by atoms with Crippen molar-refractivity contribution >= 4 is 11.4 Å². The van der Waals surface area contributed by atoms with Crippen LogP contribution in [0.3, 0.4) is 0 Å². The third kappa shape index (κ3) is 0.904. The molecule has 0 aliphatic carbocycles. The fourth-order valence-electron chi connectivity index (χ4n) is 0.449. The fourth-order valence-corrected chi connectivity index (χ4v) is 0.449. The molecule has 2 heteroatoms. The van der Waals surface area contributed by atoms with Crippen LogP contribution in [0.2, 0.25) is 0 Å². The average molecular weight is 107 g/mol. The highest BCUT2D eigenvalue weighted by atomic mass is 14.6. The van der Waals surface area contributed by atoms with Crippen LogP contribution in [0, 0.1) is 6.07 Å². The van der Waals surface area contributed by atoms with Crippen molar-refractivity contribution in [2.45, 2.75) is 0 Å². The maximum Gasteiger partial charge on any atom is 0.0396 e. The number of rotatable bonds is 0. The number of anilines is 2. The molecule has 0 heterocycles. The molecule has 0 aromatic heterocycles. The van der Waals surface area contributed by atoms with E-state index in [0.29, 0.717) is 11.4 Å². The number of nitrogens with two attached hydrogens (primary N) is 2. The van der Waals surface area contributed by atoms with Crippen LogP contribution in [-0.2, 0) is 0 Å². The molecule has 4 N–H and O–H groups in total. The van der Waals surface area contributed by atoms with Crippen LogP contribution in [0.4, 0.5) is 11.4 Å². The molecule has 8 heavy (non-hydrogen) atoms. The van der Waals surface area contributed by atoms with E-state index >= 15 is 0 Å². The van der Waals surface area contributed by atoms with E-state index in [-0.39, 0.29) is 0 Å². The van der Waals surface area contributed by atoms with Crippen LogP contribution in [0.25, 0.3) is 0 Å². The molecule has 0 aliphatic rings. The monoisotopic (exact) mass is 107 g/mol. The molecule has 0 atom stereocenters. The lowest BCUT2D eigenvalue weighted by Crippen LogP contribution is -1.86. The summed E-state index contributed by atoms with van der Waals surface area (Å²) in [4.78, 5) is 0. The Hall–Kier alpha value is -1.18. The quantitative estimate of drug-likeness (QED) is 0.478. The first kappa shape index (κ1) is 4.97. The van der Waals surface area contributed by atoms with Crippen molar-refractivity contribution in [2.75, 3.05) is 11.5 Å². The maximum atomic E-state index is 5.34. The zero-order chi connectivity index (χ0) is 5.98. The Labute approximate surface area is 48.1 Å². The molecule has 0 bridgehead atoms. The van der Waals surface area contributed by atoms with Crippen molar-refractivity contribution in [1.29, 1.82) is 0 Å². The maximum absolute atomic E-state index is 5.34. The molecule has 0 fully saturated rings. The lowest BCUT2D eigenvalue weighted by Gasteiger charge is -1.89. The zero-order valence-electron chi connectivity index (χ0n) is 4.39. The fraction of sp³-hybridized carbons (Fsp3) is 0. The van der Waals surface area contributed by atoms with E-state index in [1.165, 1.54) is 0 Å². The number of hydrogen-bond acceptors (Lipinski definition) is 2. The summed E-state index contributed by atoms with van der Waals surface area (Å²) >= 11 is 0. The van der Waals surface area contributed by atoms with Crippen LogP contribution >= 0.6 is 0 Å². The Bertz CT molecular complexity index is 145. The topological polar surface area (TPSA) is 52.0 Å². The van der Waals surface area contributed by atoms with E-state index in [9.17, 15) is 0 Å². The first-order chi connectivity index (χ1) is 3.79. The van der Waals surface area contributed by atoms with Crippen LogP contribution in [0.5, 0.6) is 0 Å². The lowest BCUT2D eigenvalue weighted by atomic mass is 10.3. The van der Waals surface area contributed by atoms with E-state index in [1.54, 1.807) is 18.2 Å². The average Bonchev–Trinajstić information content (AvgIpc) is 1.77. The van der Waals surface area contributed by atoms with Crippen molar-refractivity contribution in [3.63, 3.8) is 0 Å². The van der Waals surface area contributed by atoms with Crippen LogP contribution in [0.1, 0.15) is 0 Å². The molecule has 0 saturated carbocycles. The van der Waals surface area contributed by atoms with Gasteiger partial charge in [-0.15, -0.1) is 0 Å². The molecule has 2 nitrogen and oxygen atoms in total. The van der Waals surface area contributed by atoms with Crippen molar-refractivity contribution < 1.29 is 0 Å². The van der Waals surface area contributed by atoms with Gasteiger partial charge in [0, 0.05) is 17.4 Å². The molecule has 0 aliphatic heterocycles. The second-order valence-electron chi connectivity index (χ2n) is 1.58. The first-order valence-corrected chi connectivity index (χ1v) is 2.32. The molecule has 0 amide bonds. The van der Waals surface area contributed by atoms with Gasteiger partial charge >= 0.3 is 0 Å². The number of benzene rings is 1. The predicted molar refractivity (Wildman–Crippen MR) is 34.1 cm³/mol. The lowest BCUT2D eigenvalue weighted by molar-refractivity contribution is 1.65. The molecule has 1 aromatic rings. The molecular weight excluding hydrogens is 100 g/mol. The van der Waals surface area contributed by atoms with Gasteiger partial charge in [-0.05, 0) is 18.2 Å². The summed E-state index contributed by atoms with van der Waals surface area (Å²) in [6.07, 6.45) is 0. The first-order valence-electron chi connectivity index (χ1n) is 2.32. The highest BCUT2D eigenvalue weighted by molar-refractivity contribution is 5.46. The van der Waals surface area contributed by atoms with E-state index in [0.717, 1.165) is 0 Å². The highest BCUT2D eigenvalue weighted by Crippen LogP contribution is 2.03. The molecule has 0 spiro atoms. The number of nitrogen functional groups attached to an aromatic ring is 2. The van der Waals surface area contributed by atoms with Gasteiger partial charge < -0.3 is 11.5 Å². The van der Waals surface area contributed by atoms with Crippen molar-refractivity contribution in [3.8, 4) is 0 Å². The Balaban J connectivity index is 3.03. The molecule has 1 rings (SSSR count). The van der Waals surface area contributed by atoms with Gasteiger partial charge in [-0.1, -0.05) is 0 Å². The summed E-state index contributed by atoms with van der Waals surface area (Å²) in [6, 6.07) is 7.86.